The highest BCUT2D eigenvalue weighted by atomic mass is 32.1. The van der Waals surface area contributed by atoms with E-state index in [4.69, 9.17) is 14.5 Å². The number of carbonyl (C=O) groups excluding carboxylic acids is 1. The number of methoxy groups -OCH3 is 1. The number of aromatic nitrogens is 2. The van der Waals surface area contributed by atoms with E-state index >= 15 is 0 Å². The van der Waals surface area contributed by atoms with Crippen LogP contribution in [0.5, 0.6) is 5.75 Å². The van der Waals surface area contributed by atoms with Crippen molar-refractivity contribution in [3.8, 4) is 5.75 Å². The van der Waals surface area contributed by atoms with Crippen LogP contribution in [0.25, 0.3) is 10.9 Å². The van der Waals surface area contributed by atoms with Crippen molar-refractivity contribution in [2.45, 2.75) is 57.8 Å². The van der Waals surface area contributed by atoms with Gasteiger partial charge in [-0.05, 0) is 50.8 Å². The predicted octanol–water partition coefficient (Wildman–Crippen LogP) is 4.31. The van der Waals surface area contributed by atoms with E-state index in [1.165, 1.54) is 0 Å². The molecule has 1 unspecified atom stereocenters. The summed E-state index contributed by atoms with van der Waals surface area (Å²) in [5.74, 6) is 1.76. The summed E-state index contributed by atoms with van der Waals surface area (Å²) in [6.07, 6.45) is 3.57. The van der Waals surface area contributed by atoms with E-state index in [1.54, 1.807) is 18.4 Å². The maximum atomic E-state index is 13.3. The highest BCUT2D eigenvalue weighted by Gasteiger charge is 2.38. The quantitative estimate of drug-likeness (QED) is 0.493. The Labute approximate surface area is 198 Å². The number of amides is 1. The molecule has 174 valence electrons. The Bertz CT molecular complexity index is 1150. The van der Waals surface area contributed by atoms with E-state index in [0.717, 1.165) is 64.4 Å². The first-order chi connectivity index (χ1) is 16.0. The zero-order chi connectivity index (χ0) is 22.9. The number of nitrogens with zero attached hydrogens (tertiary/aromatic N) is 4. The molecule has 0 N–H and O–H groups in total. The topological polar surface area (TPSA) is 67.8 Å². The monoisotopic (exact) mass is 466 g/mol. The van der Waals surface area contributed by atoms with Gasteiger partial charge in [0.2, 0.25) is 0 Å². The van der Waals surface area contributed by atoms with Crippen LogP contribution in [0, 0.1) is 6.92 Å². The Morgan fingerprint density at radius 3 is 2.73 bits per heavy atom. The number of benzene rings is 1. The minimum atomic E-state index is -0.303. The Kier molecular flexibility index (Phi) is 6.21. The summed E-state index contributed by atoms with van der Waals surface area (Å²) in [6.45, 7) is 3.89. The lowest BCUT2D eigenvalue weighted by atomic mass is 10.1. The molecule has 7 nitrogen and oxygen atoms in total. The van der Waals surface area contributed by atoms with Crippen molar-refractivity contribution >= 4 is 34.0 Å². The van der Waals surface area contributed by atoms with Crippen molar-refractivity contribution in [3.63, 3.8) is 0 Å². The molecule has 3 heterocycles. The van der Waals surface area contributed by atoms with Crippen LogP contribution in [0.1, 0.15) is 41.9 Å². The van der Waals surface area contributed by atoms with Crippen LogP contribution in [0.15, 0.2) is 29.6 Å². The summed E-state index contributed by atoms with van der Waals surface area (Å²) in [5.41, 5.74) is 2.94. The summed E-state index contributed by atoms with van der Waals surface area (Å²) in [4.78, 5) is 27.1. The van der Waals surface area contributed by atoms with Crippen molar-refractivity contribution in [3.05, 3.63) is 45.9 Å². The zero-order valence-electron chi connectivity index (χ0n) is 19.4. The Hall–Kier alpha value is -2.71. The number of thiazole rings is 1. The average molecular weight is 467 g/mol. The summed E-state index contributed by atoms with van der Waals surface area (Å²) < 4.78 is 11.1. The molecule has 2 aromatic heterocycles. The van der Waals surface area contributed by atoms with Gasteiger partial charge in [0.25, 0.3) is 5.91 Å². The molecule has 1 aromatic carbocycles. The molecule has 33 heavy (non-hydrogen) atoms. The van der Waals surface area contributed by atoms with E-state index < -0.39 is 0 Å². The maximum Gasteiger partial charge on any atom is 0.252 e. The number of hydrogen-bond donors (Lipinski definition) is 0. The van der Waals surface area contributed by atoms with Gasteiger partial charge in [0.15, 0.2) is 0 Å². The van der Waals surface area contributed by atoms with E-state index in [-0.39, 0.29) is 12.0 Å². The second kappa shape index (κ2) is 9.27. The number of carbonyl (C=O) groups is 1. The van der Waals surface area contributed by atoms with Gasteiger partial charge >= 0.3 is 0 Å². The van der Waals surface area contributed by atoms with Crippen molar-refractivity contribution in [1.82, 2.24) is 14.9 Å². The van der Waals surface area contributed by atoms with Crippen LogP contribution in [0.3, 0.4) is 0 Å². The molecule has 2 fully saturated rings. The number of ether oxygens (including phenoxy) is 2. The summed E-state index contributed by atoms with van der Waals surface area (Å²) in [5, 5.41) is 4.18. The lowest BCUT2D eigenvalue weighted by molar-refractivity contribution is -0.142. The standard InChI is InChI=1S/C25H30N4O3S/c1-16-26-19(15-33-16)14-28(2)24-18(11-17-6-9-21(31-3)12-22(17)27-24)13-29(20-7-8-20)25(30)23-5-4-10-32-23/h6,9,11-12,15,20,23H,4-5,7-8,10,13-14H2,1-3H3. The highest BCUT2D eigenvalue weighted by Crippen LogP contribution is 2.34. The number of fused-ring (bicyclic) bond motifs is 1. The predicted molar refractivity (Wildman–Crippen MR) is 130 cm³/mol. The fraction of sp³-hybridized carbons (Fsp3) is 0.480. The Morgan fingerprint density at radius 1 is 1.21 bits per heavy atom. The van der Waals surface area contributed by atoms with Crippen molar-refractivity contribution < 1.29 is 14.3 Å². The third kappa shape index (κ3) is 4.82. The maximum absolute atomic E-state index is 13.3. The van der Waals surface area contributed by atoms with E-state index in [9.17, 15) is 4.79 Å². The van der Waals surface area contributed by atoms with E-state index in [0.29, 0.717) is 25.7 Å². The molecule has 1 saturated heterocycles. The Morgan fingerprint density at radius 2 is 2.06 bits per heavy atom. The molecular formula is C25H30N4O3S. The van der Waals surface area contributed by atoms with E-state index in [2.05, 4.69) is 21.3 Å². The SMILES string of the molecule is COc1ccc2cc(CN(C(=O)C3CCCO3)C3CC3)c(N(C)Cc3csc(C)n3)nc2c1. The number of anilines is 1. The van der Waals surface area contributed by atoms with Crippen LogP contribution in [0.2, 0.25) is 0 Å². The highest BCUT2D eigenvalue weighted by molar-refractivity contribution is 7.09. The molecule has 0 bridgehead atoms. The van der Waals surface area contributed by atoms with Gasteiger partial charge in [-0.25, -0.2) is 9.97 Å². The van der Waals surface area contributed by atoms with Gasteiger partial charge in [-0.1, -0.05) is 0 Å². The third-order valence-electron chi connectivity index (χ3n) is 6.32. The molecule has 0 radical (unpaired) electrons. The van der Waals surface area contributed by atoms with Crippen LogP contribution >= 0.6 is 11.3 Å². The first kappa shape index (κ1) is 22.1. The molecule has 8 heteroatoms. The molecule has 1 amide bonds. The molecule has 0 spiro atoms. The molecule has 5 rings (SSSR count). The van der Waals surface area contributed by atoms with Crippen LogP contribution in [0.4, 0.5) is 5.82 Å². The molecule has 1 aliphatic heterocycles. The number of pyridine rings is 1. The minimum Gasteiger partial charge on any atom is -0.497 e. The number of hydrogen-bond acceptors (Lipinski definition) is 7. The molecule has 1 saturated carbocycles. The summed E-state index contributed by atoms with van der Waals surface area (Å²) in [7, 11) is 3.70. The van der Waals surface area contributed by atoms with Crippen LogP contribution in [-0.2, 0) is 22.6 Å². The number of rotatable bonds is 8. The normalized spacial score (nSPS) is 18.0. The second-order valence-electron chi connectivity index (χ2n) is 8.94. The lowest BCUT2D eigenvalue weighted by Crippen LogP contribution is -2.40. The van der Waals surface area contributed by atoms with Crippen molar-refractivity contribution in [2.75, 3.05) is 25.7 Å². The van der Waals surface area contributed by atoms with Gasteiger partial charge in [-0.15, -0.1) is 11.3 Å². The molecule has 1 aliphatic carbocycles. The fourth-order valence-electron chi connectivity index (χ4n) is 4.47. The number of aryl methyl sites for hydroxylation is 1. The van der Waals surface area contributed by atoms with E-state index in [1.807, 2.05) is 37.1 Å². The minimum absolute atomic E-state index is 0.119. The van der Waals surface area contributed by atoms with Gasteiger partial charge in [0.05, 0.1) is 29.9 Å². The van der Waals surface area contributed by atoms with Gasteiger partial charge in [0, 0.05) is 48.6 Å². The van der Waals surface area contributed by atoms with Crippen LogP contribution < -0.4 is 9.64 Å². The summed E-state index contributed by atoms with van der Waals surface area (Å²) >= 11 is 1.65. The molecule has 1 atom stereocenters. The summed E-state index contributed by atoms with van der Waals surface area (Å²) in [6, 6.07) is 8.40. The second-order valence-corrected chi connectivity index (χ2v) is 10.0. The molecule has 2 aliphatic rings. The fourth-order valence-corrected chi connectivity index (χ4v) is 5.07. The first-order valence-corrected chi connectivity index (χ1v) is 12.4. The lowest BCUT2D eigenvalue weighted by Gasteiger charge is -2.28. The first-order valence-electron chi connectivity index (χ1n) is 11.5. The van der Waals surface area contributed by atoms with Crippen molar-refractivity contribution in [2.24, 2.45) is 0 Å². The smallest absolute Gasteiger partial charge is 0.252 e. The molecular weight excluding hydrogens is 436 g/mol. The van der Waals surface area contributed by atoms with Gasteiger partial charge in [-0.2, -0.15) is 0 Å². The van der Waals surface area contributed by atoms with Crippen molar-refractivity contribution in [1.29, 1.82) is 0 Å². The van der Waals surface area contributed by atoms with Gasteiger partial charge in [0.1, 0.15) is 17.7 Å². The average Bonchev–Trinajstić information content (AvgIpc) is 3.34. The zero-order valence-corrected chi connectivity index (χ0v) is 20.2. The largest absolute Gasteiger partial charge is 0.497 e. The Balaban J connectivity index is 1.50. The van der Waals surface area contributed by atoms with Crippen LogP contribution in [-0.4, -0.2) is 53.7 Å². The van der Waals surface area contributed by atoms with Gasteiger partial charge < -0.3 is 19.3 Å². The third-order valence-corrected chi connectivity index (χ3v) is 7.15. The van der Waals surface area contributed by atoms with Gasteiger partial charge in [-0.3, -0.25) is 4.79 Å². The molecule has 3 aromatic rings.